The monoisotopic (exact) mass is 464 g/mol. The molecule has 34 heavy (non-hydrogen) atoms. The minimum Gasteiger partial charge on any atom is -0.480 e. The quantitative estimate of drug-likeness (QED) is 0.387. The van der Waals surface area contributed by atoms with Gasteiger partial charge in [0.1, 0.15) is 18.1 Å². The summed E-state index contributed by atoms with van der Waals surface area (Å²) < 4.78 is 21.1. The van der Waals surface area contributed by atoms with Crippen LogP contribution in [0.15, 0.2) is 54.6 Å². The van der Waals surface area contributed by atoms with Gasteiger partial charge in [0.05, 0.1) is 6.61 Å². The van der Waals surface area contributed by atoms with E-state index >= 15 is 0 Å². The summed E-state index contributed by atoms with van der Waals surface area (Å²) in [6, 6.07) is 17.0. The Hall–Kier alpha value is -2.99. The van der Waals surface area contributed by atoms with Crippen LogP contribution in [0.1, 0.15) is 44.7 Å². The number of ether oxygens (including phenoxy) is 1. The summed E-state index contributed by atoms with van der Waals surface area (Å²) in [6.45, 7) is 3.35. The van der Waals surface area contributed by atoms with E-state index in [9.17, 15) is 9.18 Å². The van der Waals surface area contributed by atoms with Crippen molar-refractivity contribution in [3.63, 3.8) is 0 Å². The Balaban J connectivity index is 1.58. The molecule has 1 aliphatic carbocycles. The van der Waals surface area contributed by atoms with Gasteiger partial charge in [-0.3, -0.25) is 4.68 Å². The number of rotatable bonds is 10. The average molecular weight is 465 g/mol. The second kappa shape index (κ2) is 11.4. The molecule has 1 heterocycles. The van der Waals surface area contributed by atoms with E-state index < -0.39 is 5.97 Å². The number of halogens is 1. The molecule has 1 saturated carbocycles. The van der Waals surface area contributed by atoms with Crippen molar-refractivity contribution in [2.45, 2.75) is 52.0 Å². The number of carboxylic acids is 1. The fraction of sp³-hybridized carbons (Fsp3) is 0.429. The number of carboxylic acid groups (broad SMARTS) is 1. The molecule has 6 heteroatoms. The summed E-state index contributed by atoms with van der Waals surface area (Å²) in [5, 5.41) is 13.9. The lowest BCUT2D eigenvalue weighted by Crippen LogP contribution is -2.23. The SMILES string of the molecule is CCCc1c(-c2ccccc2)c(-c2ccc(F)cc2)nn1CC1CCC(COCC(=O)O)CC1. The van der Waals surface area contributed by atoms with Crippen LogP contribution in [0.4, 0.5) is 4.39 Å². The van der Waals surface area contributed by atoms with Gasteiger partial charge in [-0.2, -0.15) is 5.10 Å². The largest absolute Gasteiger partial charge is 0.480 e. The second-order valence-electron chi connectivity index (χ2n) is 9.27. The topological polar surface area (TPSA) is 64.4 Å². The summed E-state index contributed by atoms with van der Waals surface area (Å²) in [6.07, 6.45) is 6.20. The van der Waals surface area contributed by atoms with Crippen LogP contribution in [0.5, 0.6) is 0 Å². The predicted octanol–water partition coefficient (Wildman–Crippen LogP) is 6.22. The van der Waals surface area contributed by atoms with E-state index in [2.05, 4.69) is 23.7 Å². The molecule has 1 N–H and O–H groups in total. The van der Waals surface area contributed by atoms with Crippen molar-refractivity contribution >= 4 is 5.97 Å². The van der Waals surface area contributed by atoms with E-state index in [0.717, 1.165) is 67.5 Å². The van der Waals surface area contributed by atoms with Gasteiger partial charge in [-0.1, -0.05) is 43.7 Å². The Morgan fingerprint density at radius 3 is 2.35 bits per heavy atom. The maximum Gasteiger partial charge on any atom is 0.329 e. The Morgan fingerprint density at radius 1 is 1.03 bits per heavy atom. The average Bonchev–Trinajstić information content (AvgIpc) is 3.19. The third-order valence-corrected chi connectivity index (χ3v) is 6.70. The molecule has 3 aromatic rings. The molecule has 0 aliphatic heterocycles. The number of aromatic nitrogens is 2. The Kier molecular flexibility index (Phi) is 8.12. The van der Waals surface area contributed by atoms with Crippen molar-refractivity contribution in [1.29, 1.82) is 0 Å². The van der Waals surface area contributed by atoms with E-state index in [1.54, 1.807) is 0 Å². The molecule has 0 atom stereocenters. The predicted molar refractivity (Wildman–Crippen MR) is 131 cm³/mol. The molecule has 0 spiro atoms. The van der Waals surface area contributed by atoms with Crippen LogP contribution in [0, 0.1) is 17.7 Å². The molecule has 0 saturated heterocycles. The Labute approximate surface area is 200 Å². The van der Waals surface area contributed by atoms with Crippen molar-refractivity contribution < 1.29 is 19.0 Å². The van der Waals surface area contributed by atoms with E-state index in [4.69, 9.17) is 14.9 Å². The summed E-state index contributed by atoms with van der Waals surface area (Å²) in [5.41, 5.74) is 5.35. The smallest absolute Gasteiger partial charge is 0.329 e. The van der Waals surface area contributed by atoms with Crippen LogP contribution in [0.3, 0.4) is 0 Å². The molecule has 5 nitrogen and oxygen atoms in total. The van der Waals surface area contributed by atoms with Crippen molar-refractivity contribution in [3.8, 4) is 22.4 Å². The number of nitrogens with zero attached hydrogens (tertiary/aromatic N) is 2. The maximum atomic E-state index is 13.6. The molecular formula is C28H33FN2O3. The minimum absolute atomic E-state index is 0.220. The van der Waals surface area contributed by atoms with E-state index in [0.29, 0.717) is 18.4 Å². The molecule has 1 fully saturated rings. The van der Waals surface area contributed by atoms with Gasteiger partial charge in [0, 0.05) is 23.4 Å². The molecule has 2 aromatic carbocycles. The van der Waals surface area contributed by atoms with Crippen LogP contribution < -0.4 is 0 Å². The molecule has 1 aromatic heterocycles. The minimum atomic E-state index is -0.915. The standard InChI is InChI=1S/C28H33FN2O3/c1-2-6-25-27(22-7-4-3-5-8-22)28(23-13-15-24(29)16-14-23)30-31(25)17-20-9-11-21(12-10-20)18-34-19-26(32)33/h3-5,7-8,13-16,20-21H,2,6,9-12,17-19H2,1H3,(H,32,33). The first-order chi connectivity index (χ1) is 16.5. The van der Waals surface area contributed by atoms with E-state index in [1.165, 1.54) is 17.8 Å². The number of carbonyl (C=O) groups is 1. The van der Waals surface area contributed by atoms with Crippen molar-refractivity contribution in [2.24, 2.45) is 11.8 Å². The highest BCUT2D eigenvalue weighted by Crippen LogP contribution is 2.37. The molecule has 180 valence electrons. The Bertz CT molecular complexity index is 1070. The zero-order valence-corrected chi connectivity index (χ0v) is 19.8. The lowest BCUT2D eigenvalue weighted by atomic mass is 9.82. The molecular weight excluding hydrogens is 431 g/mol. The van der Waals surface area contributed by atoms with Crippen LogP contribution in [0.2, 0.25) is 0 Å². The van der Waals surface area contributed by atoms with Gasteiger partial charge in [-0.25, -0.2) is 9.18 Å². The summed E-state index contributed by atoms with van der Waals surface area (Å²) in [7, 11) is 0. The van der Waals surface area contributed by atoms with Crippen LogP contribution in [0.25, 0.3) is 22.4 Å². The van der Waals surface area contributed by atoms with E-state index in [1.807, 2.05) is 30.3 Å². The van der Waals surface area contributed by atoms with Gasteiger partial charge in [0.15, 0.2) is 0 Å². The highest BCUT2D eigenvalue weighted by atomic mass is 19.1. The van der Waals surface area contributed by atoms with Crippen LogP contribution >= 0.6 is 0 Å². The highest BCUT2D eigenvalue weighted by Gasteiger charge is 2.25. The Morgan fingerprint density at radius 2 is 1.71 bits per heavy atom. The summed E-state index contributed by atoms with van der Waals surface area (Å²) >= 11 is 0. The molecule has 0 bridgehead atoms. The zero-order chi connectivity index (χ0) is 23.9. The number of hydrogen-bond acceptors (Lipinski definition) is 3. The number of benzene rings is 2. The first-order valence-electron chi connectivity index (χ1n) is 12.3. The molecule has 0 amide bonds. The van der Waals surface area contributed by atoms with Gasteiger partial charge in [-0.05, 0) is 73.8 Å². The van der Waals surface area contributed by atoms with Crippen molar-refractivity contribution in [2.75, 3.05) is 13.2 Å². The lowest BCUT2D eigenvalue weighted by Gasteiger charge is -2.28. The summed E-state index contributed by atoms with van der Waals surface area (Å²) in [4.78, 5) is 10.7. The van der Waals surface area contributed by atoms with Gasteiger partial charge < -0.3 is 9.84 Å². The fourth-order valence-electron chi connectivity index (χ4n) is 4.99. The van der Waals surface area contributed by atoms with E-state index in [-0.39, 0.29) is 12.4 Å². The first-order valence-corrected chi connectivity index (χ1v) is 12.3. The first kappa shape index (κ1) is 24.1. The van der Waals surface area contributed by atoms with Gasteiger partial charge in [-0.15, -0.1) is 0 Å². The van der Waals surface area contributed by atoms with Crippen molar-refractivity contribution in [3.05, 3.63) is 66.1 Å². The molecule has 1 aliphatic rings. The van der Waals surface area contributed by atoms with Gasteiger partial charge in [0.25, 0.3) is 0 Å². The third kappa shape index (κ3) is 5.92. The molecule has 0 radical (unpaired) electrons. The zero-order valence-electron chi connectivity index (χ0n) is 19.8. The van der Waals surface area contributed by atoms with Crippen LogP contribution in [-0.4, -0.2) is 34.1 Å². The van der Waals surface area contributed by atoms with Crippen molar-refractivity contribution in [1.82, 2.24) is 9.78 Å². The van der Waals surface area contributed by atoms with Gasteiger partial charge >= 0.3 is 5.97 Å². The maximum absolute atomic E-state index is 13.6. The number of aliphatic carboxylic acids is 1. The summed E-state index contributed by atoms with van der Waals surface area (Å²) in [5.74, 6) is -0.210. The highest BCUT2D eigenvalue weighted by molar-refractivity contribution is 5.82. The van der Waals surface area contributed by atoms with Gasteiger partial charge in [0.2, 0.25) is 0 Å². The van der Waals surface area contributed by atoms with Crippen LogP contribution in [-0.2, 0) is 22.5 Å². The second-order valence-corrected chi connectivity index (χ2v) is 9.27. The lowest BCUT2D eigenvalue weighted by molar-refractivity contribution is -0.142. The fourth-order valence-corrected chi connectivity index (χ4v) is 4.99. The molecule has 4 rings (SSSR count). The third-order valence-electron chi connectivity index (χ3n) is 6.70. The normalized spacial score (nSPS) is 18.2. The molecule has 0 unspecified atom stereocenters. The number of hydrogen-bond donors (Lipinski definition) is 1.